The highest BCUT2D eigenvalue weighted by Crippen LogP contribution is 2.29. The monoisotopic (exact) mass is 474 g/mol. The molecule has 0 bridgehead atoms. The van der Waals surface area contributed by atoms with E-state index in [0.717, 1.165) is 5.56 Å². The molecular formula is C26H26N4O5. The highest BCUT2D eigenvalue weighted by molar-refractivity contribution is 6.10. The van der Waals surface area contributed by atoms with Gasteiger partial charge in [0.15, 0.2) is 0 Å². The molecule has 3 aromatic carbocycles. The van der Waals surface area contributed by atoms with Crippen LogP contribution in [0.3, 0.4) is 0 Å². The Morgan fingerprint density at radius 2 is 1.63 bits per heavy atom. The first kappa shape index (κ1) is 23.6. The average molecular weight is 475 g/mol. The molecule has 1 heterocycles. The van der Waals surface area contributed by atoms with Crippen LogP contribution in [0, 0.1) is 0 Å². The number of hydrogen-bond donors (Lipinski definition) is 3. The van der Waals surface area contributed by atoms with Crippen LogP contribution in [0.2, 0.25) is 0 Å². The minimum atomic E-state index is -0.917. The van der Waals surface area contributed by atoms with Crippen molar-refractivity contribution in [3.05, 3.63) is 78.4 Å². The molecule has 0 spiro atoms. The van der Waals surface area contributed by atoms with Gasteiger partial charge in [-0.15, -0.1) is 0 Å². The zero-order chi connectivity index (χ0) is 24.8. The lowest BCUT2D eigenvalue weighted by atomic mass is 10.1. The second kappa shape index (κ2) is 10.6. The Kier molecular flexibility index (Phi) is 7.15. The Labute approximate surface area is 203 Å². The van der Waals surface area contributed by atoms with E-state index in [1.54, 1.807) is 42.5 Å². The molecule has 35 heavy (non-hydrogen) atoms. The first-order valence-electron chi connectivity index (χ1n) is 11.0. The normalized spacial score (nSPS) is 13.2. The number of benzene rings is 3. The van der Waals surface area contributed by atoms with Gasteiger partial charge in [-0.1, -0.05) is 42.5 Å². The maximum absolute atomic E-state index is 13.3. The molecule has 3 aromatic rings. The van der Waals surface area contributed by atoms with Crippen molar-refractivity contribution in [2.75, 3.05) is 36.3 Å². The fourth-order valence-electron chi connectivity index (χ4n) is 3.81. The van der Waals surface area contributed by atoms with E-state index >= 15 is 0 Å². The number of fused-ring (bicyclic) bond motifs is 1. The van der Waals surface area contributed by atoms with Gasteiger partial charge in [0, 0.05) is 30.3 Å². The first-order chi connectivity index (χ1) is 17.0. The lowest BCUT2D eigenvalue weighted by molar-refractivity contribution is -0.118. The third-order valence-corrected chi connectivity index (χ3v) is 5.53. The molecule has 0 saturated carbocycles. The van der Waals surface area contributed by atoms with E-state index in [4.69, 9.17) is 9.47 Å². The number of urea groups is 1. The van der Waals surface area contributed by atoms with E-state index in [1.165, 1.54) is 19.1 Å². The van der Waals surface area contributed by atoms with Crippen LogP contribution < -0.4 is 30.3 Å². The van der Waals surface area contributed by atoms with E-state index in [2.05, 4.69) is 16.0 Å². The molecule has 180 valence electrons. The molecule has 1 atom stereocenters. The van der Waals surface area contributed by atoms with Crippen LogP contribution in [0.1, 0.15) is 5.56 Å². The second-order valence-corrected chi connectivity index (χ2v) is 7.93. The molecule has 0 fully saturated rings. The Hall–Kier alpha value is -4.53. The van der Waals surface area contributed by atoms with E-state index in [-0.39, 0.29) is 18.9 Å². The van der Waals surface area contributed by atoms with Gasteiger partial charge >= 0.3 is 6.03 Å². The van der Waals surface area contributed by atoms with Gasteiger partial charge in [-0.05, 0) is 17.7 Å². The molecule has 3 N–H and O–H groups in total. The summed E-state index contributed by atoms with van der Waals surface area (Å²) in [5, 5.41) is 8.39. The lowest BCUT2D eigenvalue weighted by Gasteiger charge is -2.30. The fourth-order valence-corrected chi connectivity index (χ4v) is 3.81. The molecule has 1 aliphatic rings. The molecule has 0 aliphatic carbocycles. The van der Waals surface area contributed by atoms with Gasteiger partial charge in [0.2, 0.25) is 11.8 Å². The summed E-state index contributed by atoms with van der Waals surface area (Å²) in [6.07, 6.45) is 0.251. The largest absolute Gasteiger partial charge is 0.497 e. The summed E-state index contributed by atoms with van der Waals surface area (Å²) in [6, 6.07) is 19.9. The molecule has 4 rings (SSSR count). The number of hydrogen-bond acceptors (Lipinski definition) is 5. The first-order valence-corrected chi connectivity index (χ1v) is 11.0. The van der Waals surface area contributed by atoms with Crippen LogP contribution in [0.4, 0.5) is 21.9 Å². The Balaban J connectivity index is 1.58. The number of carbonyl (C=O) groups is 3. The number of carbonyl (C=O) groups excluding carboxylic acids is 3. The number of methoxy groups -OCH3 is 2. The maximum atomic E-state index is 13.3. The number of ether oxygens (including phenoxy) is 2. The van der Waals surface area contributed by atoms with E-state index in [1.807, 2.05) is 30.3 Å². The van der Waals surface area contributed by atoms with Crippen molar-refractivity contribution >= 4 is 34.9 Å². The molecule has 0 saturated heterocycles. The van der Waals surface area contributed by atoms with E-state index < -0.39 is 18.0 Å². The third kappa shape index (κ3) is 5.70. The zero-order valence-electron chi connectivity index (χ0n) is 19.4. The predicted octanol–water partition coefficient (Wildman–Crippen LogP) is 3.42. The summed E-state index contributed by atoms with van der Waals surface area (Å²) in [4.78, 5) is 40.1. The standard InChI is InChI=1S/C26H26N4O5/c1-34-19-13-18(14-20(15-19)35-2)27-25(32)22(12-17-8-4-3-5-9-17)29-26(33)30-16-24(31)28-21-10-6-7-11-23(21)30/h3-11,13-15,22H,12,16H2,1-2H3,(H,27,32)(H,28,31)(H,29,33)/t22-/m0/s1. The van der Waals surface area contributed by atoms with Crippen molar-refractivity contribution in [2.45, 2.75) is 12.5 Å². The summed E-state index contributed by atoms with van der Waals surface area (Å²) in [6.45, 7) is -0.157. The number of rotatable bonds is 7. The summed E-state index contributed by atoms with van der Waals surface area (Å²) < 4.78 is 10.6. The number of anilines is 3. The number of nitrogens with zero attached hydrogens (tertiary/aromatic N) is 1. The molecule has 0 unspecified atom stereocenters. The van der Waals surface area contributed by atoms with Crippen molar-refractivity contribution in [3.63, 3.8) is 0 Å². The van der Waals surface area contributed by atoms with Crippen LogP contribution >= 0.6 is 0 Å². The summed E-state index contributed by atoms with van der Waals surface area (Å²) >= 11 is 0. The summed E-state index contributed by atoms with van der Waals surface area (Å²) in [5.41, 5.74) is 2.42. The molecule has 9 nitrogen and oxygen atoms in total. The van der Waals surface area contributed by atoms with E-state index in [9.17, 15) is 14.4 Å². The minimum absolute atomic E-state index is 0.157. The molecule has 1 aliphatic heterocycles. The van der Waals surface area contributed by atoms with Crippen LogP contribution in [-0.2, 0) is 16.0 Å². The predicted molar refractivity (Wildman–Crippen MR) is 133 cm³/mol. The number of amides is 4. The Morgan fingerprint density at radius 3 is 2.31 bits per heavy atom. The summed E-state index contributed by atoms with van der Waals surface area (Å²) in [5.74, 6) is 0.289. The quantitative estimate of drug-likeness (QED) is 0.486. The van der Waals surface area contributed by atoms with Gasteiger partial charge in [-0.3, -0.25) is 14.5 Å². The van der Waals surface area contributed by atoms with Gasteiger partial charge < -0.3 is 25.4 Å². The van der Waals surface area contributed by atoms with Crippen LogP contribution in [0.5, 0.6) is 11.5 Å². The van der Waals surface area contributed by atoms with Crippen LogP contribution in [-0.4, -0.2) is 44.7 Å². The minimum Gasteiger partial charge on any atom is -0.497 e. The molecule has 4 amide bonds. The van der Waals surface area contributed by atoms with Crippen LogP contribution in [0.15, 0.2) is 72.8 Å². The third-order valence-electron chi connectivity index (χ3n) is 5.53. The molecular weight excluding hydrogens is 448 g/mol. The summed E-state index contributed by atoms with van der Waals surface area (Å²) in [7, 11) is 3.04. The lowest BCUT2D eigenvalue weighted by Crippen LogP contribution is -2.53. The van der Waals surface area contributed by atoms with Crippen LogP contribution in [0.25, 0.3) is 0 Å². The molecule has 0 radical (unpaired) electrons. The van der Waals surface area contributed by atoms with Gasteiger partial charge in [-0.2, -0.15) is 0 Å². The topological polar surface area (TPSA) is 109 Å². The Bertz CT molecular complexity index is 1210. The zero-order valence-corrected chi connectivity index (χ0v) is 19.4. The smallest absolute Gasteiger partial charge is 0.323 e. The van der Waals surface area contributed by atoms with Gasteiger partial charge in [0.1, 0.15) is 24.1 Å². The average Bonchev–Trinajstić information content (AvgIpc) is 2.88. The van der Waals surface area contributed by atoms with Gasteiger partial charge in [0.05, 0.1) is 25.6 Å². The highest BCUT2D eigenvalue weighted by Gasteiger charge is 2.30. The van der Waals surface area contributed by atoms with Crippen molar-refractivity contribution in [2.24, 2.45) is 0 Å². The van der Waals surface area contributed by atoms with Crippen molar-refractivity contribution in [1.82, 2.24) is 5.32 Å². The van der Waals surface area contributed by atoms with Crippen molar-refractivity contribution < 1.29 is 23.9 Å². The fraction of sp³-hybridized carbons (Fsp3) is 0.192. The Morgan fingerprint density at radius 1 is 0.971 bits per heavy atom. The number of nitrogens with one attached hydrogen (secondary N) is 3. The maximum Gasteiger partial charge on any atom is 0.323 e. The molecule has 0 aromatic heterocycles. The highest BCUT2D eigenvalue weighted by atomic mass is 16.5. The number of para-hydroxylation sites is 2. The van der Waals surface area contributed by atoms with Crippen molar-refractivity contribution in [1.29, 1.82) is 0 Å². The SMILES string of the molecule is COc1cc(NC(=O)[C@H](Cc2ccccc2)NC(=O)N2CC(=O)Nc3ccccc32)cc(OC)c1. The van der Waals surface area contributed by atoms with Gasteiger partial charge in [0.25, 0.3) is 0 Å². The van der Waals surface area contributed by atoms with Crippen molar-refractivity contribution in [3.8, 4) is 11.5 Å². The van der Waals surface area contributed by atoms with E-state index in [0.29, 0.717) is 28.6 Å². The molecule has 9 heteroatoms. The van der Waals surface area contributed by atoms with Gasteiger partial charge in [-0.25, -0.2) is 4.79 Å². The second-order valence-electron chi connectivity index (χ2n) is 7.93.